The molecule has 3 atom stereocenters. The molecule has 2 saturated heterocycles. The van der Waals surface area contributed by atoms with Gasteiger partial charge in [-0.15, -0.1) is 0 Å². The summed E-state index contributed by atoms with van der Waals surface area (Å²) < 4.78 is 29.7. The first-order valence-corrected chi connectivity index (χ1v) is 5.99. The van der Waals surface area contributed by atoms with Crippen molar-refractivity contribution < 1.29 is 23.5 Å². The van der Waals surface area contributed by atoms with Crippen molar-refractivity contribution in [2.24, 2.45) is 0 Å². The lowest BCUT2D eigenvalue weighted by Gasteiger charge is -2.17. The monoisotopic (exact) mass is 269 g/mol. The lowest BCUT2D eigenvalue weighted by Crippen LogP contribution is -2.32. The van der Waals surface area contributed by atoms with Gasteiger partial charge in [-0.25, -0.2) is 4.39 Å². The number of hydrogen-bond donors (Lipinski definition) is 0. The largest absolute Gasteiger partial charge is 0.478 e. The van der Waals surface area contributed by atoms with Crippen LogP contribution < -0.4 is 4.74 Å². The number of halogens is 1. The van der Waals surface area contributed by atoms with Crippen LogP contribution in [0.5, 0.6) is 5.75 Å². The highest BCUT2D eigenvalue weighted by molar-refractivity contribution is 5.46. The Morgan fingerprint density at radius 1 is 1.42 bits per heavy atom. The molecule has 0 saturated carbocycles. The highest BCUT2D eigenvalue weighted by atomic mass is 19.1. The van der Waals surface area contributed by atoms with Gasteiger partial charge in [0, 0.05) is 18.7 Å². The van der Waals surface area contributed by atoms with Crippen LogP contribution in [0.15, 0.2) is 18.2 Å². The molecule has 1 unspecified atom stereocenters. The van der Waals surface area contributed by atoms with Gasteiger partial charge in [-0.05, 0) is 12.5 Å². The predicted octanol–water partition coefficient (Wildman–Crippen LogP) is 1.67. The van der Waals surface area contributed by atoms with Crippen LogP contribution in [0.1, 0.15) is 6.42 Å². The third-order valence-corrected chi connectivity index (χ3v) is 3.32. The average molecular weight is 269 g/mol. The first-order valence-electron chi connectivity index (χ1n) is 5.99. The van der Waals surface area contributed by atoms with E-state index in [1.54, 1.807) is 0 Å². The van der Waals surface area contributed by atoms with Gasteiger partial charge in [0.15, 0.2) is 11.9 Å². The van der Waals surface area contributed by atoms with Gasteiger partial charge < -0.3 is 14.2 Å². The smallest absolute Gasteiger partial charge is 0.311 e. The zero-order valence-corrected chi connectivity index (χ0v) is 9.95. The highest BCUT2D eigenvalue weighted by Gasteiger charge is 2.43. The van der Waals surface area contributed by atoms with E-state index in [4.69, 9.17) is 14.2 Å². The maximum absolute atomic E-state index is 13.2. The Kier molecular flexibility index (Phi) is 3.08. The van der Waals surface area contributed by atoms with Gasteiger partial charge in [-0.1, -0.05) is 0 Å². The van der Waals surface area contributed by atoms with Gasteiger partial charge in [-0.3, -0.25) is 10.1 Å². The Balaban J connectivity index is 1.83. The molecule has 0 bridgehead atoms. The van der Waals surface area contributed by atoms with E-state index in [-0.39, 0.29) is 23.6 Å². The molecule has 1 aromatic rings. The average Bonchev–Trinajstić information content (AvgIpc) is 2.94. The Morgan fingerprint density at radius 2 is 2.26 bits per heavy atom. The minimum atomic E-state index is -0.600. The first kappa shape index (κ1) is 12.3. The van der Waals surface area contributed by atoms with Crippen LogP contribution in [0.2, 0.25) is 0 Å². The van der Waals surface area contributed by atoms with E-state index in [0.717, 1.165) is 24.6 Å². The summed E-state index contributed by atoms with van der Waals surface area (Å²) >= 11 is 0. The number of hydrogen-bond acceptors (Lipinski definition) is 5. The van der Waals surface area contributed by atoms with Crippen LogP contribution in [0.25, 0.3) is 0 Å². The van der Waals surface area contributed by atoms with Crippen molar-refractivity contribution >= 4 is 5.69 Å². The van der Waals surface area contributed by atoms with Gasteiger partial charge in [-0.2, -0.15) is 0 Å². The van der Waals surface area contributed by atoms with E-state index in [2.05, 4.69) is 0 Å². The Bertz CT molecular complexity index is 509. The third kappa shape index (κ3) is 2.26. The lowest BCUT2D eigenvalue weighted by molar-refractivity contribution is -0.386. The summed E-state index contributed by atoms with van der Waals surface area (Å²) in [5.74, 6) is -0.668. The topological polar surface area (TPSA) is 70.8 Å². The second-order valence-electron chi connectivity index (χ2n) is 4.52. The summed E-state index contributed by atoms with van der Waals surface area (Å²) in [6.45, 7) is 0.878. The molecule has 0 aromatic heterocycles. The van der Waals surface area contributed by atoms with Crippen molar-refractivity contribution in [3.8, 4) is 5.75 Å². The number of nitro benzene ring substituents is 1. The Morgan fingerprint density at radius 3 is 3.05 bits per heavy atom. The molecular weight excluding hydrogens is 257 g/mol. The van der Waals surface area contributed by atoms with Crippen LogP contribution >= 0.6 is 0 Å². The van der Waals surface area contributed by atoms with E-state index in [1.807, 2.05) is 0 Å². The molecule has 2 fully saturated rings. The second kappa shape index (κ2) is 4.75. The van der Waals surface area contributed by atoms with Crippen molar-refractivity contribution in [2.75, 3.05) is 13.2 Å². The second-order valence-corrected chi connectivity index (χ2v) is 4.52. The fraction of sp³-hybridized carbons (Fsp3) is 0.500. The molecule has 102 valence electrons. The van der Waals surface area contributed by atoms with E-state index in [0.29, 0.717) is 13.2 Å². The lowest BCUT2D eigenvalue weighted by atomic mass is 10.1. The van der Waals surface area contributed by atoms with Gasteiger partial charge in [0.05, 0.1) is 17.6 Å². The fourth-order valence-corrected chi connectivity index (χ4v) is 2.43. The van der Waals surface area contributed by atoms with E-state index >= 15 is 0 Å². The molecule has 1 aromatic carbocycles. The van der Waals surface area contributed by atoms with Crippen LogP contribution in [0.3, 0.4) is 0 Å². The van der Waals surface area contributed by atoms with E-state index in [1.165, 1.54) is 0 Å². The molecule has 2 aliphatic heterocycles. The molecule has 0 N–H and O–H groups in total. The number of fused-ring (bicyclic) bond motifs is 1. The third-order valence-electron chi connectivity index (χ3n) is 3.32. The normalized spacial score (nSPS) is 29.2. The minimum absolute atomic E-state index is 0.0300. The highest BCUT2D eigenvalue weighted by Crippen LogP contribution is 2.33. The summed E-state index contributed by atoms with van der Waals surface area (Å²) in [5, 5.41) is 10.9. The van der Waals surface area contributed by atoms with Crippen LogP contribution in [0, 0.1) is 15.9 Å². The Labute approximate surface area is 108 Å². The molecule has 2 heterocycles. The van der Waals surface area contributed by atoms with Crippen molar-refractivity contribution in [3.05, 3.63) is 34.1 Å². The molecule has 6 nitrogen and oxygen atoms in total. The first-order chi connectivity index (χ1) is 9.15. The molecular formula is C12H12FNO5. The van der Waals surface area contributed by atoms with Gasteiger partial charge in [0.25, 0.3) is 0 Å². The minimum Gasteiger partial charge on any atom is -0.478 e. The molecule has 2 aliphatic rings. The summed E-state index contributed by atoms with van der Waals surface area (Å²) in [6.07, 6.45) is 0.0870. The molecule has 0 amide bonds. The zero-order chi connectivity index (χ0) is 13.4. The summed E-state index contributed by atoms with van der Waals surface area (Å²) in [5.41, 5.74) is -0.261. The number of benzene rings is 1. The van der Waals surface area contributed by atoms with E-state index < -0.39 is 16.8 Å². The molecule has 7 heteroatoms. The fourth-order valence-electron chi connectivity index (χ4n) is 2.43. The maximum Gasteiger partial charge on any atom is 0.311 e. The zero-order valence-electron chi connectivity index (χ0n) is 9.95. The van der Waals surface area contributed by atoms with Crippen LogP contribution in [-0.4, -0.2) is 36.4 Å². The number of rotatable bonds is 3. The van der Waals surface area contributed by atoms with Crippen molar-refractivity contribution in [3.63, 3.8) is 0 Å². The summed E-state index contributed by atoms with van der Waals surface area (Å²) in [7, 11) is 0. The standard InChI is InChI=1S/C12H12FNO5/c13-7-1-2-8(14(15)16)10(5-7)19-11-6-18-9-3-4-17-12(9)11/h1-2,5,9,11-12H,3-4,6H2/t9-,11?,12+/m1/s1. The summed E-state index contributed by atoms with van der Waals surface area (Å²) in [4.78, 5) is 10.3. The van der Waals surface area contributed by atoms with E-state index in [9.17, 15) is 14.5 Å². The number of ether oxygens (including phenoxy) is 3. The quantitative estimate of drug-likeness (QED) is 0.616. The molecule has 0 aliphatic carbocycles. The molecule has 0 spiro atoms. The number of nitro groups is 1. The SMILES string of the molecule is O=[N+]([O-])c1ccc(F)cc1OC1CO[C@@H]2CCO[C@H]12. The van der Waals surface area contributed by atoms with Gasteiger partial charge >= 0.3 is 5.69 Å². The Hall–Kier alpha value is -1.73. The van der Waals surface area contributed by atoms with Gasteiger partial charge in [0.2, 0.25) is 0 Å². The summed E-state index contributed by atoms with van der Waals surface area (Å²) in [6, 6.07) is 3.14. The molecule has 19 heavy (non-hydrogen) atoms. The van der Waals surface area contributed by atoms with Crippen molar-refractivity contribution in [1.29, 1.82) is 0 Å². The number of nitrogens with zero attached hydrogens (tertiary/aromatic N) is 1. The van der Waals surface area contributed by atoms with Gasteiger partial charge in [0.1, 0.15) is 11.9 Å². The van der Waals surface area contributed by atoms with Crippen molar-refractivity contribution in [2.45, 2.75) is 24.7 Å². The van der Waals surface area contributed by atoms with Crippen LogP contribution in [-0.2, 0) is 9.47 Å². The predicted molar refractivity (Wildman–Crippen MR) is 61.6 cm³/mol. The molecule has 3 rings (SSSR count). The van der Waals surface area contributed by atoms with Crippen LogP contribution in [0.4, 0.5) is 10.1 Å². The molecule has 0 radical (unpaired) electrons. The van der Waals surface area contributed by atoms with Crippen molar-refractivity contribution in [1.82, 2.24) is 0 Å². The maximum atomic E-state index is 13.2.